The standard InChI is InChI=1S/C19H21F2NO6/c1-25-16-4-3-5-17(26-2)19(16)28-10-13(23)9-22-18(24)11-27-15-7-6-12(20)8-14(15)21/h3-8,13,23H,9-11H2,1-2H3,(H,22,24). The molecule has 2 rings (SSSR count). The van der Waals surface area contributed by atoms with Gasteiger partial charge in [-0.3, -0.25) is 4.79 Å². The largest absolute Gasteiger partial charge is 0.493 e. The van der Waals surface area contributed by atoms with Crippen molar-refractivity contribution in [2.45, 2.75) is 6.10 Å². The van der Waals surface area contributed by atoms with Crippen molar-refractivity contribution in [3.63, 3.8) is 0 Å². The SMILES string of the molecule is COc1cccc(OC)c1OCC(O)CNC(=O)COc1ccc(F)cc1F. The van der Waals surface area contributed by atoms with Crippen molar-refractivity contribution < 1.29 is 37.6 Å². The number of amides is 1. The Morgan fingerprint density at radius 1 is 1.07 bits per heavy atom. The molecule has 0 spiro atoms. The fraction of sp³-hybridized carbons (Fsp3) is 0.316. The molecule has 2 N–H and O–H groups in total. The Bertz CT molecular complexity index is 780. The van der Waals surface area contributed by atoms with Crippen LogP contribution in [-0.2, 0) is 4.79 Å². The predicted molar refractivity (Wildman–Crippen MR) is 95.9 cm³/mol. The number of carbonyl (C=O) groups excluding carboxylic acids is 1. The third kappa shape index (κ3) is 5.98. The quantitative estimate of drug-likeness (QED) is 0.637. The maximum atomic E-state index is 13.4. The first-order chi connectivity index (χ1) is 13.4. The van der Waals surface area contributed by atoms with E-state index in [2.05, 4.69) is 5.32 Å². The van der Waals surface area contributed by atoms with Gasteiger partial charge in [0.15, 0.2) is 29.7 Å². The molecule has 2 aromatic carbocycles. The number of hydrogen-bond donors (Lipinski definition) is 2. The fourth-order valence-corrected chi connectivity index (χ4v) is 2.22. The fourth-order valence-electron chi connectivity index (χ4n) is 2.22. The van der Waals surface area contributed by atoms with Crippen LogP contribution in [0.2, 0.25) is 0 Å². The van der Waals surface area contributed by atoms with Gasteiger partial charge >= 0.3 is 0 Å². The average Bonchev–Trinajstić information content (AvgIpc) is 2.69. The number of para-hydroxylation sites is 1. The van der Waals surface area contributed by atoms with Gasteiger partial charge in [0.25, 0.3) is 5.91 Å². The minimum atomic E-state index is -1.03. The van der Waals surface area contributed by atoms with Crippen LogP contribution in [0.3, 0.4) is 0 Å². The Morgan fingerprint density at radius 2 is 1.75 bits per heavy atom. The van der Waals surface area contributed by atoms with E-state index in [9.17, 15) is 18.7 Å². The van der Waals surface area contributed by atoms with Crippen molar-refractivity contribution in [1.82, 2.24) is 5.32 Å². The van der Waals surface area contributed by atoms with Crippen LogP contribution < -0.4 is 24.3 Å². The summed E-state index contributed by atoms with van der Waals surface area (Å²) in [5.74, 6) is -1.29. The molecule has 1 unspecified atom stereocenters. The molecular weight excluding hydrogens is 376 g/mol. The van der Waals surface area contributed by atoms with Crippen molar-refractivity contribution in [2.75, 3.05) is 34.0 Å². The highest BCUT2D eigenvalue weighted by atomic mass is 19.1. The normalized spacial score (nSPS) is 11.5. The van der Waals surface area contributed by atoms with Crippen LogP contribution in [0.5, 0.6) is 23.0 Å². The van der Waals surface area contributed by atoms with Gasteiger partial charge in [-0.05, 0) is 24.3 Å². The molecule has 2 aromatic rings. The van der Waals surface area contributed by atoms with E-state index in [-0.39, 0.29) is 18.9 Å². The van der Waals surface area contributed by atoms with Crippen LogP contribution in [0.15, 0.2) is 36.4 Å². The Kier molecular flexibility index (Phi) is 7.82. The molecule has 28 heavy (non-hydrogen) atoms. The van der Waals surface area contributed by atoms with Crippen LogP contribution in [0.1, 0.15) is 0 Å². The Hall–Kier alpha value is -3.07. The van der Waals surface area contributed by atoms with Crippen molar-refractivity contribution in [2.24, 2.45) is 0 Å². The first kappa shape index (κ1) is 21.2. The van der Waals surface area contributed by atoms with Gasteiger partial charge in [-0.25, -0.2) is 8.78 Å². The third-order valence-corrected chi connectivity index (χ3v) is 3.59. The van der Waals surface area contributed by atoms with E-state index in [0.717, 1.165) is 12.1 Å². The second kappa shape index (κ2) is 10.3. The van der Waals surface area contributed by atoms with Crippen LogP contribution in [-0.4, -0.2) is 51.1 Å². The lowest BCUT2D eigenvalue weighted by atomic mass is 10.3. The molecule has 0 saturated carbocycles. The summed E-state index contributed by atoms with van der Waals surface area (Å²) in [6.07, 6.45) is -1.03. The van der Waals surface area contributed by atoms with E-state index in [1.54, 1.807) is 18.2 Å². The molecule has 0 aliphatic carbocycles. The monoisotopic (exact) mass is 397 g/mol. The number of carbonyl (C=O) groups is 1. The Balaban J connectivity index is 1.78. The summed E-state index contributed by atoms with van der Waals surface area (Å²) in [5, 5.41) is 12.4. The summed E-state index contributed by atoms with van der Waals surface area (Å²) in [7, 11) is 2.95. The highest BCUT2D eigenvalue weighted by Crippen LogP contribution is 2.36. The van der Waals surface area contributed by atoms with E-state index in [0.29, 0.717) is 23.3 Å². The second-order valence-electron chi connectivity index (χ2n) is 5.62. The zero-order valence-corrected chi connectivity index (χ0v) is 15.4. The maximum Gasteiger partial charge on any atom is 0.258 e. The number of methoxy groups -OCH3 is 2. The second-order valence-corrected chi connectivity index (χ2v) is 5.62. The topological polar surface area (TPSA) is 86.3 Å². The summed E-state index contributed by atoms with van der Waals surface area (Å²) in [4.78, 5) is 11.7. The van der Waals surface area contributed by atoms with Crippen molar-refractivity contribution >= 4 is 5.91 Å². The van der Waals surface area contributed by atoms with Gasteiger partial charge in [-0.15, -0.1) is 0 Å². The molecule has 0 aliphatic heterocycles. The van der Waals surface area contributed by atoms with Crippen LogP contribution >= 0.6 is 0 Å². The third-order valence-electron chi connectivity index (χ3n) is 3.59. The van der Waals surface area contributed by atoms with Gasteiger partial charge in [0, 0.05) is 12.6 Å². The highest BCUT2D eigenvalue weighted by molar-refractivity contribution is 5.77. The average molecular weight is 397 g/mol. The van der Waals surface area contributed by atoms with Gasteiger partial charge in [-0.2, -0.15) is 0 Å². The number of halogens is 2. The van der Waals surface area contributed by atoms with Crippen LogP contribution in [0.4, 0.5) is 8.78 Å². The van der Waals surface area contributed by atoms with Crippen molar-refractivity contribution in [3.8, 4) is 23.0 Å². The zero-order chi connectivity index (χ0) is 20.5. The Morgan fingerprint density at radius 3 is 2.36 bits per heavy atom. The van der Waals surface area contributed by atoms with Gasteiger partial charge in [0.05, 0.1) is 14.2 Å². The Labute approximate surface area is 160 Å². The van der Waals surface area contributed by atoms with Crippen LogP contribution in [0.25, 0.3) is 0 Å². The summed E-state index contributed by atoms with van der Waals surface area (Å²) in [6, 6.07) is 7.84. The van der Waals surface area contributed by atoms with Crippen LogP contribution in [0, 0.1) is 11.6 Å². The van der Waals surface area contributed by atoms with E-state index in [1.165, 1.54) is 14.2 Å². The van der Waals surface area contributed by atoms with Gasteiger partial charge in [0.2, 0.25) is 5.75 Å². The van der Waals surface area contributed by atoms with E-state index in [4.69, 9.17) is 18.9 Å². The highest BCUT2D eigenvalue weighted by Gasteiger charge is 2.15. The molecule has 0 bridgehead atoms. The molecule has 0 saturated heterocycles. The molecule has 1 amide bonds. The number of aliphatic hydroxyl groups excluding tert-OH is 1. The lowest BCUT2D eigenvalue weighted by molar-refractivity contribution is -0.123. The number of aliphatic hydroxyl groups is 1. The zero-order valence-electron chi connectivity index (χ0n) is 15.4. The lowest BCUT2D eigenvalue weighted by Crippen LogP contribution is -2.37. The maximum absolute atomic E-state index is 13.4. The van der Waals surface area contributed by atoms with Crippen molar-refractivity contribution in [3.05, 3.63) is 48.0 Å². The minimum Gasteiger partial charge on any atom is -0.493 e. The minimum absolute atomic E-state index is 0.119. The number of hydrogen-bond acceptors (Lipinski definition) is 6. The van der Waals surface area contributed by atoms with Gasteiger partial charge in [-0.1, -0.05) is 6.07 Å². The van der Waals surface area contributed by atoms with E-state index >= 15 is 0 Å². The number of rotatable bonds is 10. The van der Waals surface area contributed by atoms with Crippen molar-refractivity contribution in [1.29, 1.82) is 0 Å². The first-order valence-electron chi connectivity index (χ1n) is 8.31. The molecule has 1 atom stereocenters. The number of nitrogens with one attached hydrogen (secondary N) is 1. The molecular formula is C19H21F2NO6. The van der Waals surface area contributed by atoms with Gasteiger partial charge in [0.1, 0.15) is 18.5 Å². The molecule has 0 radical (unpaired) electrons. The molecule has 0 aliphatic rings. The molecule has 0 fully saturated rings. The molecule has 7 nitrogen and oxygen atoms in total. The summed E-state index contributed by atoms with van der Waals surface area (Å²) >= 11 is 0. The van der Waals surface area contributed by atoms with E-state index < -0.39 is 30.3 Å². The summed E-state index contributed by atoms with van der Waals surface area (Å²) in [5.41, 5.74) is 0. The van der Waals surface area contributed by atoms with Gasteiger partial charge < -0.3 is 29.4 Å². The first-order valence-corrected chi connectivity index (χ1v) is 8.31. The molecule has 152 valence electrons. The predicted octanol–water partition coefficient (Wildman–Crippen LogP) is 1.92. The van der Waals surface area contributed by atoms with E-state index in [1.807, 2.05) is 0 Å². The molecule has 9 heteroatoms. The summed E-state index contributed by atoms with van der Waals surface area (Å²) in [6.45, 7) is -0.744. The molecule has 0 heterocycles. The number of benzene rings is 2. The summed E-state index contributed by atoms with van der Waals surface area (Å²) < 4.78 is 47.1. The molecule has 0 aromatic heterocycles. The lowest BCUT2D eigenvalue weighted by Gasteiger charge is -2.17. The number of ether oxygens (including phenoxy) is 4. The smallest absolute Gasteiger partial charge is 0.258 e.